The molecule has 1 atom stereocenters. The average Bonchev–Trinajstić information content (AvgIpc) is 2.55. The van der Waals surface area contributed by atoms with Crippen molar-refractivity contribution in [2.45, 2.75) is 57.9 Å². The number of likely N-dealkylation sites (N-methyl/N-ethyl adjacent to an activating group) is 1. The Balaban J connectivity index is 2.44. The molecular formula is C13H23NO3. The van der Waals surface area contributed by atoms with Crippen molar-refractivity contribution in [3.05, 3.63) is 0 Å². The topological polar surface area (TPSA) is 57.6 Å². The normalized spacial score (nSPS) is 19.4. The Bertz CT molecular complexity index is 270. The van der Waals surface area contributed by atoms with Gasteiger partial charge in [-0.2, -0.15) is 0 Å². The van der Waals surface area contributed by atoms with Gasteiger partial charge in [0.05, 0.1) is 0 Å². The largest absolute Gasteiger partial charge is 0.480 e. The van der Waals surface area contributed by atoms with E-state index in [0.29, 0.717) is 12.3 Å². The summed E-state index contributed by atoms with van der Waals surface area (Å²) in [6.07, 6.45) is 7.68. The number of hydrogen-bond acceptors (Lipinski definition) is 2. The molecule has 0 aromatic rings. The number of carboxylic acids is 1. The maximum atomic E-state index is 11.9. The van der Waals surface area contributed by atoms with Crippen molar-refractivity contribution in [2.24, 2.45) is 5.92 Å². The Kier molecular flexibility index (Phi) is 5.45. The van der Waals surface area contributed by atoms with Crippen LogP contribution in [0.25, 0.3) is 0 Å². The summed E-state index contributed by atoms with van der Waals surface area (Å²) in [5.74, 6) is -0.526. The van der Waals surface area contributed by atoms with Gasteiger partial charge in [0.2, 0.25) is 5.91 Å². The van der Waals surface area contributed by atoms with Crippen molar-refractivity contribution in [3.8, 4) is 0 Å². The Labute approximate surface area is 103 Å². The maximum absolute atomic E-state index is 11.9. The highest BCUT2D eigenvalue weighted by Crippen LogP contribution is 2.26. The summed E-state index contributed by atoms with van der Waals surface area (Å²) >= 11 is 0. The molecule has 0 bridgehead atoms. The molecule has 1 rings (SSSR count). The van der Waals surface area contributed by atoms with E-state index >= 15 is 0 Å². The van der Waals surface area contributed by atoms with Gasteiger partial charge in [0.1, 0.15) is 6.04 Å². The van der Waals surface area contributed by atoms with E-state index in [-0.39, 0.29) is 5.91 Å². The summed E-state index contributed by atoms with van der Waals surface area (Å²) in [6, 6.07) is -0.728. The molecule has 98 valence electrons. The molecule has 0 heterocycles. The molecule has 1 unspecified atom stereocenters. The number of carbonyl (C=O) groups excluding carboxylic acids is 1. The Morgan fingerprint density at radius 3 is 2.24 bits per heavy atom. The van der Waals surface area contributed by atoms with E-state index in [4.69, 9.17) is 5.11 Å². The summed E-state index contributed by atoms with van der Waals surface area (Å²) in [5.41, 5.74) is 0. The van der Waals surface area contributed by atoms with Crippen LogP contribution in [0.2, 0.25) is 0 Å². The third kappa shape index (κ3) is 4.36. The standard InChI is InChI=1S/C13H23NO3/c1-10(13(16)17)14(2)12(15)9-11-7-5-3-4-6-8-11/h10-11H,3-9H2,1-2H3,(H,16,17). The Morgan fingerprint density at radius 2 is 1.76 bits per heavy atom. The zero-order valence-electron chi connectivity index (χ0n) is 10.8. The van der Waals surface area contributed by atoms with Gasteiger partial charge in [0, 0.05) is 13.5 Å². The van der Waals surface area contributed by atoms with Crippen LogP contribution in [-0.2, 0) is 9.59 Å². The van der Waals surface area contributed by atoms with Crippen molar-refractivity contribution < 1.29 is 14.7 Å². The van der Waals surface area contributed by atoms with Crippen LogP contribution >= 0.6 is 0 Å². The quantitative estimate of drug-likeness (QED) is 0.768. The minimum absolute atomic E-state index is 0.0354. The molecule has 4 nitrogen and oxygen atoms in total. The maximum Gasteiger partial charge on any atom is 0.326 e. The second-order valence-corrected chi connectivity index (χ2v) is 5.08. The molecule has 4 heteroatoms. The fraction of sp³-hybridized carbons (Fsp3) is 0.846. The smallest absolute Gasteiger partial charge is 0.326 e. The van der Waals surface area contributed by atoms with Crippen LogP contribution in [0.4, 0.5) is 0 Å². The lowest BCUT2D eigenvalue weighted by Crippen LogP contribution is -2.40. The highest BCUT2D eigenvalue weighted by molar-refractivity contribution is 5.83. The molecule has 1 amide bonds. The first-order valence-corrected chi connectivity index (χ1v) is 6.51. The van der Waals surface area contributed by atoms with Crippen LogP contribution in [-0.4, -0.2) is 35.0 Å². The second-order valence-electron chi connectivity index (χ2n) is 5.08. The Hall–Kier alpha value is -1.06. The molecular weight excluding hydrogens is 218 g/mol. The zero-order valence-corrected chi connectivity index (χ0v) is 10.8. The average molecular weight is 241 g/mol. The van der Waals surface area contributed by atoms with Gasteiger partial charge < -0.3 is 10.0 Å². The number of amides is 1. The first-order valence-electron chi connectivity index (χ1n) is 6.51. The summed E-state index contributed by atoms with van der Waals surface area (Å²) in [7, 11) is 1.58. The van der Waals surface area contributed by atoms with E-state index in [0.717, 1.165) is 12.8 Å². The predicted octanol–water partition coefficient (Wildman–Crippen LogP) is 2.28. The zero-order chi connectivity index (χ0) is 12.8. The number of carbonyl (C=O) groups is 2. The third-order valence-corrected chi connectivity index (χ3v) is 3.77. The van der Waals surface area contributed by atoms with Gasteiger partial charge in [0.15, 0.2) is 0 Å². The minimum Gasteiger partial charge on any atom is -0.480 e. The van der Waals surface area contributed by atoms with Crippen molar-refractivity contribution >= 4 is 11.9 Å². The van der Waals surface area contributed by atoms with Crippen LogP contribution in [0.15, 0.2) is 0 Å². The summed E-state index contributed by atoms with van der Waals surface area (Å²) in [5, 5.41) is 8.86. The molecule has 1 N–H and O–H groups in total. The van der Waals surface area contributed by atoms with Gasteiger partial charge in [-0.15, -0.1) is 0 Å². The van der Waals surface area contributed by atoms with Crippen LogP contribution < -0.4 is 0 Å². The number of carboxylic acid groups (broad SMARTS) is 1. The second kappa shape index (κ2) is 6.62. The van der Waals surface area contributed by atoms with Crippen LogP contribution in [0.5, 0.6) is 0 Å². The first kappa shape index (κ1) is 14.0. The molecule has 17 heavy (non-hydrogen) atoms. The summed E-state index contributed by atoms with van der Waals surface area (Å²) in [4.78, 5) is 24.1. The van der Waals surface area contributed by atoms with Gasteiger partial charge >= 0.3 is 5.97 Å². The molecule has 1 aliphatic rings. The number of rotatable bonds is 4. The number of hydrogen-bond donors (Lipinski definition) is 1. The van der Waals surface area contributed by atoms with E-state index < -0.39 is 12.0 Å². The van der Waals surface area contributed by atoms with Gasteiger partial charge in [-0.3, -0.25) is 4.79 Å². The molecule has 1 saturated carbocycles. The first-order chi connectivity index (χ1) is 8.02. The fourth-order valence-electron chi connectivity index (χ4n) is 2.34. The third-order valence-electron chi connectivity index (χ3n) is 3.77. The van der Waals surface area contributed by atoms with Crippen LogP contribution in [0, 0.1) is 5.92 Å². The van der Waals surface area contributed by atoms with E-state index in [2.05, 4.69) is 0 Å². The fourth-order valence-corrected chi connectivity index (χ4v) is 2.34. The van der Waals surface area contributed by atoms with Gasteiger partial charge in [-0.25, -0.2) is 4.79 Å². The van der Waals surface area contributed by atoms with E-state index in [1.54, 1.807) is 14.0 Å². The van der Waals surface area contributed by atoms with Gasteiger partial charge in [0.25, 0.3) is 0 Å². The highest BCUT2D eigenvalue weighted by atomic mass is 16.4. The molecule has 0 aliphatic heterocycles. The van der Waals surface area contributed by atoms with E-state index in [9.17, 15) is 9.59 Å². The lowest BCUT2D eigenvalue weighted by molar-refractivity contribution is -0.148. The van der Waals surface area contributed by atoms with E-state index in [1.807, 2.05) is 0 Å². The van der Waals surface area contributed by atoms with Crippen molar-refractivity contribution in [1.82, 2.24) is 4.90 Å². The summed E-state index contributed by atoms with van der Waals surface area (Å²) < 4.78 is 0. The van der Waals surface area contributed by atoms with Crippen molar-refractivity contribution in [2.75, 3.05) is 7.05 Å². The summed E-state index contributed by atoms with van der Waals surface area (Å²) in [6.45, 7) is 1.55. The lowest BCUT2D eigenvalue weighted by atomic mass is 9.96. The van der Waals surface area contributed by atoms with Crippen molar-refractivity contribution in [1.29, 1.82) is 0 Å². The lowest BCUT2D eigenvalue weighted by Gasteiger charge is -2.24. The van der Waals surface area contributed by atoms with Gasteiger partial charge in [-0.05, 0) is 25.7 Å². The monoisotopic (exact) mass is 241 g/mol. The number of aliphatic carboxylic acids is 1. The Morgan fingerprint density at radius 1 is 1.24 bits per heavy atom. The van der Waals surface area contributed by atoms with Crippen LogP contribution in [0.3, 0.4) is 0 Å². The molecule has 1 fully saturated rings. The van der Waals surface area contributed by atoms with E-state index in [1.165, 1.54) is 30.6 Å². The molecule has 0 aromatic heterocycles. The molecule has 0 saturated heterocycles. The molecule has 1 aliphatic carbocycles. The SMILES string of the molecule is CC(C(=O)O)N(C)C(=O)CC1CCCCCC1. The highest BCUT2D eigenvalue weighted by Gasteiger charge is 2.24. The van der Waals surface area contributed by atoms with Gasteiger partial charge in [-0.1, -0.05) is 25.7 Å². The predicted molar refractivity (Wildman–Crippen MR) is 65.7 cm³/mol. The number of nitrogens with zero attached hydrogens (tertiary/aromatic N) is 1. The minimum atomic E-state index is -0.943. The van der Waals surface area contributed by atoms with Crippen molar-refractivity contribution in [3.63, 3.8) is 0 Å². The van der Waals surface area contributed by atoms with Crippen LogP contribution in [0.1, 0.15) is 51.9 Å². The molecule has 0 radical (unpaired) electrons. The molecule has 0 aromatic carbocycles. The molecule has 0 spiro atoms.